The maximum atomic E-state index is 13.0. The summed E-state index contributed by atoms with van der Waals surface area (Å²) >= 11 is 4.91. The lowest BCUT2D eigenvalue weighted by atomic mass is 10.0. The van der Waals surface area contributed by atoms with Gasteiger partial charge in [0.15, 0.2) is 12.9 Å². The van der Waals surface area contributed by atoms with Crippen molar-refractivity contribution >= 4 is 45.2 Å². The number of methoxy groups -OCH3 is 1. The quantitative estimate of drug-likeness (QED) is 0.425. The third-order valence-electron chi connectivity index (χ3n) is 4.91. The van der Waals surface area contributed by atoms with Crippen molar-refractivity contribution in [1.82, 2.24) is 5.01 Å². The van der Waals surface area contributed by atoms with Gasteiger partial charge in [-0.15, -0.1) is 11.3 Å². The second-order valence-corrected chi connectivity index (χ2v) is 8.73. The highest BCUT2D eigenvalue weighted by Gasteiger charge is 2.34. The first-order chi connectivity index (χ1) is 15.1. The van der Waals surface area contributed by atoms with E-state index in [9.17, 15) is 9.59 Å². The Bertz CT molecular complexity index is 1110. The predicted octanol–water partition coefficient (Wildman–Crippen LogP) is 5.09. The van der Waals surface area contributed by atoms with Gasteiger partial charge in [-0.1, -0.05) is 22.0 Å². The van der Waals surface area contributed by atoms with Crippen molar-refractivity contribution in [2.75, 3.05) is 13.7 Å². The molecule has 0 bridgehead atoms. The number of carbonyl (C=O) groups excluding carboxylic acids is 2. The number of carbonyl (C=O) groups is 2. The molecular formula is C23H19BrN2O4S. The molecule has 1 aliphatic heterocycles. The van der Waals surface area contributed by atoms with Crippen LogP contribution in [0.4, 0.5) is 0 Å². The normalized spacial score (nSPS) is 15.5. The molecule has 8 heteroatoms. The molecule has 1 aromatic heterocycles. The second-order valence-electron chi connectivity index (χ2n) is 6.84. The van der Waals surface area contributed by atoms with Gasteiger partial charge < -0.3 is 9.47 Å². The number of benzene rings is 2. The van der Waals surface area contributed by atoms with Gasteiger partial charge >= 0.3 is 0 Å². The van der Waals surface area contributed by atoms with Crippen molar-refractivity contribution in [2.45, 2.75) is 12.5 Å². The monoisotopic (exact) mass is 498 g/mol. The van der Waals surface area contributed by atoms with Gasteiger partial charge in [0.25, 0.3) is 5.91 Å². The van der Waals surface area contributed by atoms with E-state index in [1.165, 1.54) is 5.01 Å². The van der Waals surface area contributed by atoms with Crippen molar-refractivity contribution in [3.8, 4) is 11.5 Å². The Labute approximate surface area is 192 Å². The maximum absolute atomic E-state index is 13.0. The number of amides is 1. The highest BCUT2D eigenvalue weighted by atomic mass is 79.9. The molecule has 1 atom stereocenters. The number of hydrogen-bond donors (Lipinski definition) is 0. The summed E-state index contributed by atoms with van der Waals surface area (Å²) in [6, 6.07) is 16.5. The van der Waals surface area contributed by atoms with E-state index >= 15 is 0 Å². The van der Waals surface area contributed by atoms with E-state index in [0.29, 0.717) is 24.0 Å². The average Bonchev–Trinajstić information content (AvgIpc) is 3.48. The third kappa shape index (κ3) is 4.70. The molecule has 0 radical (unpaired) electrons. The number of hydrogen-bond acceptors (Lipinski definition) is 6. The van der Waals surface area contributed by atoms with Crippen LogP contribution >= 0.6 is 27.3 Å². The molecule has 2 heterocycles. The number of halogens is 1. The van der Waals surface area contributed by atoms with Crippen LogP contribution in [0.2, 0.25) is 0 Å². The molecule has 3 aromatic rings. The summed E-state index contributed by atoms with van der Waals surface area (Å²) in [7, 11) is 1.62. The van der Waals surface area contributed by atoms with Gasteiger partial charge in [0.1, 0.15) is 11.5 Å². The standard InChI is InChI=1S/C23H19BrN2O4S/c1-29-18-7-4-15(5-8-18)19-12-20(22-3-2-10-31-22)26(25-19)23(28)14-30-21-9-6-17(24)11-16(21)13-27/h2-11,13,20H,12,14H2,1H3. The number of rotatable bonds is 7. The zero-order chi connectivity index (χ0) is 21.8. The van der Waals surface area contributed by atoms with Crippen LogP contribution in [-0.2, 0) is 4.79 Å². The lowest BCUT2D eigenvalue weighted by Crippen LogP contribution is -2.31. The molecule has 0 fully saturated rings. The number of aldehydes is 1. The largest absolute Gasteiger partial charge is 0.497 e. The summed E-state index contributed by atoms with van der Waals surface area (Å²) in [4.78, 5) is 25.4. The van der Waals surface area contributed by atoms with Crippen molar-refractivity contribution in [1.29, 1.82) is 0 Å². The molecule has 0 N–H and O–H groups in total. The molecule has 2 aromatic carbocycles. The Morgan fingerprint density at radius 1 is 1.26 bits per heavy atom. The van der Waals surface area contributed by atoms with E-state index in [2.05, 4.69) is 21.0 Å². The molecule has 1 amide bonds. The van der Waals surface area contributed by atoms with Gasteiger partial charge in [-0.2, -0.15) is 5.10 Å². The van der Waals surface area contributed by atoms with E-state index in [-0.39, 0.29) is 18.6 Å². The summed E-state index contributed by atoms with van der Waals surface area (Å²) < 4.78 is 11.7. The summed E-state index contributed by atoms with van der Waals surface area (Å²) in [5.74, 6) is 0.846. The predicted molar refractivity (Wildman–Crippen MR) is 123 cm³/mol. The smallest absolute Gasteiger partial charge is 0.281 e. The Morgan fingerprint density at radius 3 is 2.74 bits per heavy atom. The minimum atomic E-state index is -0.276. The van der Waals surface area contributed by atoms with Crippen LogP contribution in [0, 0.1) is 0 Å². The SMILES string of the molecule is COc1ccc(C2=NN(C(=O)COc3ccc(Br)cc3C=O)C(c3cccs3)C2)cc1. The first-order valence-electron chi connectivity index (χ1n) is 9.54. The molecule has 0 aliphatic carbocycles. The van der Waals surface area contributed by atoms with Gasteiger partial charge in [0, 0.05) is 15.8 Å². The fraction of sp³-hybridized carbons (Fsp3) is 0.174. The van der Waals surface area contributed by atoms with Gasteiger partial charge in [0.2, 0.25) is 0 Å². The van der Waals surface area contributed by atoms with Crippen LogP contribution in [0.25, 0.3) is 0 Å². The Kier molecular flexibility index (Phi) is 6.48. The first kappa shape index (κ1) is 21.3. The van der Waals surface area contributed by atoms with Crippen molar-refractivity contribution in [2.24, 2.45) is 5.10 Å². The molecule has 1 unspecified atom stereocenters. The van der Waals surface area contributed by atoms with E-state index in [0.717, 1.165) is 26.4 Å². The van der Waals surface area contributed by atoms with Crippen LogP contribution < -0.4 is 9.47 Å². The molecule has 158 valence electrons. The number of thiophene rings is 1. The molecule has 31 heavy (non-hydrogen) atoms. The van der Waals surface area contributed by atoms with Crippen molar-refractivity contribution < 1.29 is 19.1 Å². The van der Waals surface area contributed by atoms with E-state index in [1.54, 1.807) is 36.6 Å². The first-order valence-corrected chi connectivity index (χ1v) is 11.2. The Hall–Kier alpha value is -2.97. The summed E-state index contributed by atoms with van der Waals surface area (Å²) in [5, 5.41) is 8.10. The Morgan fingerprint density at radius 2 is 2.06 bits per heavy atom. The highest BCUT2D eigenvalue weighted by molar-refractivity contribution is 9.10. The summed E-state index contributed by atoms with van der Waals surface area (Å²) in [6.45, 7) is -0.219. The molecule has 1 aliphatic rings. The molecular weight excluding hydrogens is 480 g/mol. The molecule has 6 nitrogen and oxygen atoms in total. The molecule has 0 saturated carbocycles. The number of hydrazone groups is 1. The Balaban J connectivity index is 1.55. The molecule has 4 rings (SSSR count). The van der Waals surface area contributed by atoms with E-state index in [4.69, 9.17) is 9.47 Å². The van der Waals surface area contributed by atoms with E-state index < -0.39 is 0 Å². The van der Waals surface area contributed by atoms with Gasteiger partial charge in [-0.3, -0.25) is 9.59 Å². The van der Waals surface area contributed by atoms with Crippen molar-refractivity contribution in [3.63, 3.8) is 0 Å². The zero-order valence-electron chi connectivity index (χ0n) is 16.7. The van der Waals surface area contributed by atoms with Gasteiger partial charge in [-0.25, -0.2) is 5.01 Å². The van der Waals surface area contributed by atoms with Crippen LogP contribution in [0.15, 0.2) is 69.6 Å². The fourth-order valence-electron chi connectivity index (χ4n) is 3.35. The van der Waals surface area contributed by atoms with Crippen LogP contribution in [0.3, 0.4) is 0 Å². The zero-order valence-corrected chi connectivity index (χ0v) is 19.1. The van der Waals surface area contributed by atoms with Crippen LogP contribution in [0.1, 0.15) is 33.3 Å². The van der Waals surface area contributed by atoms with Crippen molar-refractivity contribution in [3.05, 3.63) is 80.5 Å². The fourth-order valence-corrected chi connectivity index (χ4v) is 4.54. The minimum absolute atomic E-state index is 0.191. The third-order valence-corrected chi connectivity index (χ3v) is 6.38. The van der Waals surface area contributed by atoms with Gasteiger partial charge in [-0.05, 0) is 59.5 Å². The second kappa shape index (κ2) is 9.45. The topological polar surface area (TPSA) is 68.2 Å². The average molecular weight is 499 g/mol. The van der Waals surface area contributed by atoms with Crippen LogP contribution in [0.5, 0.6) is 11.5 Å². The highest BCUT2D eigenvalue weighted by Crippen LogP contribution is 2.35. The maximum Gasteiger partial charge on any atom is 0.281 e. The molecule has 0 saturated heterocycles. The molecule has 0 spiro atoms. The number of ether oxygens (including phenoxy) is 2. The number of nitrogens with zero attached hydrogens (tertiary/aromatic N) is 2. The van der Waals surface area contributed by atoms with Crippen LogP contribution in [-0.4, -0.2) is 36.6 Å². The summed E-state index contributed by atoms with van der Waals surface area (Å²) in [6.07, 6.45) is 1.31. The summed E-state index contributed by atoms with van der Waals surface area (Å²) in [5.41, 5.74) is 2.14. The lowest BCUT2D eigenvalue weighted by Gasteiger charge is -2.21. The van der Waals surface area contributed by atoms with E-state index in [1.807, 2.05) is 41.8 Å². The lowest BCUT2D eigenvalue weighted by molar-refractivity contribution is -0.135. The minimum Gasteiger partial charge on any atom is -0.497 e. The van der Waals surface area contributed by atoms with Gasteiger partial charge in [0.05, 0.1) is 24.4 Å².